The van der Waals surface area contributed by atoms with Gasteiger partial charge in [-0.15, -0.1) is 11.8 Å². The van der Waals surface area contributed by atoms with Crippen molar-refractivity contribution in [2.75, 3.05) is 17.8 Å². The molecule has 0 radical (unpaired) electrons. The summed E-state index contributed by atoms with van der Waals surface area (Å²) in [5, 5.41) is 0. The van der Waals surface area contributed by atoms with Crippen molar-refractivity contribution in [2.45, 2.75) is 13.8 Å². The molecule has 0 bridgehead atoms. The van der Waals surface area contributed by atoms with E-state index in [2.05, 4.69) is 0 Å². The summed E-state index contributed by atoms with van der Waals surface area (Å²) in [7, 11) is 1.53. The summed E-state index contributed by atoms with van der Waals surface area (Å²) in [4.78, 5) is 27.9. The average Bonchev–Trinajstić information content (AvgIpc) is 2.86. The molecule has 25 heavy (non-hydrogen) atoms. The smallest absolute Gasteiger partial charge is 0.272 e. The van der Waals surface area contributed by atoms with Crippen molar-refractivity contribution >= 4 is 34.8 Å². The lowest BCUT2D eigenvalue weighted by Gasteiger charge is -2.19. The second-order valence-electron chi connectivity index (χ2n) is 5.62. The van der Waals surface area contributed by atoms with Crippen LogP contribution in [0.15, 0.2) is 53.4 Å². The van der Waals surface area contributed by atoms with Crippen LogP contribution in [0.3, 0.4) is 0 Å². The number of ether oxygens (including phenoxy) is 1. The lowest BCUT2D eigenvalue weighted by molar-refractivity contribution is -0.119. The number of anilines is 1. The quantitative estimate of drug-likeness (QED) is 0.761. The van der Waals surface area contributed by atoms with Gasteiger partial charge < -0.3 is 4.74 Å². The molecule has 0 N–H and O–H groups in total. The lowest BCUT2D eigenvalue weighted by atomic mass is 10.1. The Bertz CT molecular complexity index is 858. The van der Waals surface area contributed by atoms with E-state index in [1.165, 1.54) is 23.8 Å². The molecule has 2 aromatic rings. The first-order valence-electron chi connectivity index (χ1n) is 8.04. The first-order valence-corrected chi connectivity index (χ1v) is 9.03. The third kappa shape index (κ3) is 3.07. The summed E-state index contributed by atoms with van der Waals surface area (Å²) in [6, 6.07) is 14.8. The summed E-state index contributed by atoms with van der Waals surface area (Å²) in [5.41, 5.74) is 2.65. The minimum absolute atomic E-state index is 0.292. The van der Waals surface area contributed by atoms with E-state index in [9.17, 15) is 9.59 Å². The zero-order valence-corrected chi connectivity index (χ0v) is 15.2. The maximum absolute atomic E-state index is 13.2. The molecule has 0 fully saturated rings. The third-order valence-electron chi connectivity index (χ3n) is 3.97. The number of nitrogens with zero attached hydrogens (tertiary/aromatic N) is 1. The number of imide groups is 1. The van der Waals surface area contributed by atoms with Crippen molar-refractivity contribution < 1.29 is 14.3 Å². The van der Waals surface area contributed by atoms with E-state index in [0.717, 1.165) is 11.1 Å². The SMILES string of the molecule is CCSC1=C(c2ccccc2)C(=O)N(c2cc(C)ccc2OC)C1=O. The second kappa shape index (κ2) is 7.15. The van der Waals surface area contributed by atoms with Crippen LogP contribution in [0, 0.1) is 6.92 Å². The minimum atomic E-state index is -0.309. The fourth-order valence-corrected chi connectivity index (χ4v) is 3.69. The Hall–Kier alpha value is -2.53. The van der Waals surface area contributed by atoms with Crippen LogP contribution < -0.4 is 9.64 Å². The van der Waals surface area contributed by atoms with E-state index in [1.54, 1.807) is 12.1 Å². The van der Waals surface area contributed by atoms with Gasteiger partial charge in [-0.2, -0.15) is 0 Å². The highest BCUT2D eigenvalue weighted by molar-refractivity contribution is 8.04. The molecule has 0 aromatic heterocycles. The molecule has 1 aliphatic heterocycles. The number of thioether (sulfide) groups is 1. The van der Waals surface area contributed by atoms with Crippen LogP contribution in [0.4, 0.5) is 5.69 Å². The van der Waals surface area contributed by atoms with E-state index in [0.29, 0.717) is 27.7 Å². The zero-order valence-electron chi connectivity index (χ0n) is 14.4. The van der Waals surface area contributed by atoms with Crippen LogP contribution >= 0.6 is 11.8 Å². The molecule has 0 spiro atoms. The van der Waals surface area contributed by atoms with Gasteiger partial charge in [-0.25, -0.2) is 4.90 Å². The molecule has 0 atom stereocenters. The van der Waals surface area contributed by atoms with Gasteiger partial charge in [0.1, 0.15) is 5.75 Å². The van der Waals surface area contributed by atoms with E-state index in [-0.39, 0.29) is 11.8 Å². The summed E-state index contributed by atoms with van der Waals surface area (Å²) < 4.78 is 5.37. The first kappa shape index (κ1) is 17.3. The number of amides is 2. The predicted octanol–water partition coefficient (Wildman–Crippen LogP) is 4.04. The summed E-state index contributed by atoms with van der Waals surface area (Å²) in [6.07, 6.45) is 0. The molecule has 5 heteroatoms. The van der Waals surface area contributed by atoms with Gasteiger partial charge in [-0.3, -0.25) is 9.59 Å². The second-order valence-corrected chi connectivity index (χ2v) is 6.90. The highest BCUT2D eigenvalue weighted by atomic mass is 32.2. The Morgan fingerprint density at radius 2 is 1.76 bits per heavy atom. The number of rotatable bonds is 5. The fourth-order valence-electron chi connectivity index (χ4n) is 2.84. The molecule has 2 aromatic carbocycles. The Kier molecular flexibility index (Phi) is 4.95. The van der Waals surface area contributed by atoms with E-state index >= 15 is 0 Å². The maximum atomic E-state index is 13.2. The predicted molar refractivity (Wildman–Crippen MR) is 102 cm³/mol. The molecular weight excluding hydrogens is 334 g/mol. The number of benzene rings is 2. The van der Waals surface area contributed by atoms with Gasteiger partial charge >= 0.3 is 0 Å². The normalized spacial score (nSPS) is 14.4. The van der Waals surface area contributed by atoms with Gasteiger partial charge in [0, 0.05) is 0 Å². The zero-order chi connectivity index (χ0) is 18.0. The number of hydrogen-bond donors (Lipinski definition) is 0. The Balaban J connectivity index is 2.14. The standard InChI is InChI=1S/C20H19NO3S/c1-4-25-18-17(14-8-6-5-7-9-14)19(22)21(20(18)23)15-12-13(2)10-11-16(15)24-3/h5-12H,4H2,1-3H3. The van der Waals surface area contributed by atoms with Crippen LogP contribution in [0.1, 0.15) is 18.1 Å². The molecule has 0 saturated carbocycles. The van der Waals surface area contributed by atoms with Crippen molar-refractivity contribution in [3.8, 4) is 5.75 Å². The Morgan fingerprint density at radius 1 is 1.04 bits per heavy atom. The minimum Gasteiger partial charge on any atom is -0.495 e. The Morgan fingerprint density at radius 3 is 2.40 bits per heavy atom. The summed E-state index contributed by atoms with van der Waals surface area (Å²) in [5.74, 6) is 0.613. The highest BCUT2D eigenvalue weighted by Gasteiger charge is 2.41. The van der Waals surface area contributed by atoms with Gasteiger partial charge in [0.2, 0.25) is 0 Å². The van der Waals surface area contributed by atoms with Gasteiger partial charge in [0.15, 0.2) is 0 Å². The van der Waals surface area contributed by atoms with Crippen LogP contribution in [0.2, 0.25) is 0 Å². The van der Waals surface area contributed by atoms with Crippen molar-refractivity contribution in [3.63, 3.8) is 0 Å². The third-order valence-corrected chi connectivity index (χ3v) is 4.92. The van der Waals surface area contributed by atoms with Gasteiger partial charge in [-0.1, -0.05) is 43.3 Å². The van der Waals surface area contributed by atoms with Gasteiger partial charge in [0.05, 0.1) is 23.3 Å². The van der Waals surface area contributed by atoms with Crippen LogP contribution in [0.25, 0.3) is 5.57 Å². The average molecular weight is 353 g/mol. The number of carbonyl (C=O) groups excluding carboxylic acids is 2. The van der Waals surface area contributed by atoms with Crippen LogP contribution in [-0.2, 0) is 9.59 Å². The van der Waals surface area contributed by atoms with E-state index in [4.69, 9.17) is 4.74 Å². The molecule has 4 nitrogen and oxygen atoms in total. The maximum Gasteiger partial charge on any atom is 0.272 e. The van der Waals surface area contributed by atoms with Crippen molar-refractivity contribution in [1.29, 1.82) is 0 Å². The van der Waals surface area contributed by atoms with Gasteiger partial charge in [0.25, 0.3) is 11.8 Å². The number of aryl methyl sites for hydroxylation is 1. The molecule has 1 aliphatic rings. The number of hydrogen-bond acceptors (Lipinski definition) is 4. The van der Waals surface area contributed by atoms with E-state index < -0.39 is 0 Å². The number of methoxy groups -OCH3 is 1. The topological polar surface area (TPSA) is 46.6 Å². The number of carbonyl (C=O) groups is 2. The molecule has 1 heterocycles. The fraction of sp³-hybridized carbons (Fsp3) is 0.200. The summed E-state index contributed by atoms with van der Waals surface area (Å²) >= 11 is 1.40. The van der Waals surface area contributed by atoms with Crippen LogP contribution in [0.5, 0.6) is 5.75 Å². The molecule has 0 unspecified atom stereocenters. The van der Waals surface area contributed by atoms with E-state index in [1.807, 2.05) is 50.2 Å². The Labute approximate surface area is 151 Å². The first-order chi connectivity index (χ1) is 12.1. The highest BCUT2D eigenvalue weighted by Crippen LogP contribution is 2.41. The molecule has 3 rings (SSSR count). The molecule has 2 amide bonds. The monoisotopic (exact) mass is 353 g/mol. The molecular formula is C20H19NO3S. The van der Waals surface area contributed by atoms with Crippen LogP contribution in [-0.4, -0.2) is 24.7 Å². The molecule has 0 saturated heterocycles. The molecule has 0 aliphatic carbocycles. The van der Waals surface area contributed by atoms with Crippen molar-refractivity contribution in [3.05, 3.63) is 64.6 Å². The summed E-state index contributed by atoms with van der Waals surface area (Å²) in [6.45, 7) is 3.88. The molecule has 128 valence electrons. The van der Waals surface area contributed by atoms with Crippen molar-refractivity contribution in [2.24, 2.45) is 0 Å². The lowest BCUT2D eigenvalue weighted by Crippen LogP contribution is -2.31. The van der Waals surface area contributed by atoms with Crippen molar-refractivity contribution in [1.82, 2.24) is 0 Å². The van der Waals surface area contributed by atoms with Gasteiger partial charge in [-0.05, 0) is 35.9 Å². The largest absolute Gasteiger partial charge is 0.495 e.